The summed E-state index contributed by atoms with van der Waals surface area (Å²) in [5.41, 5.74) is 2.75. The van der Waals surface area contributed by atoms with Crippen LogP contribution in [0.25, 0.3) is 11.1 Å². The number of benzene rings is 1. The van der Waals surface area contributed by atoms with Gasteiger partial charge in [-0.2, -0.15) is 0 Å². The van der Waals surface area contributed by atoms with Crippen molar-refractivity contribution in [1.29, 1.82) is 0 Å². The molecule has 0 spiro atoms. The maximum absolute atomic E-state index is 14.3. The van der Waals surface area contributed by atoms with Gasteiger partial charge in [-0.25, -0.2) is 9.37 Å². The third-order valence-electron chi connectivity index (χ3n) is 5.18. The average molecular weight is 411 g/mol. The van der Waals surface area contributed by atoms with Gasteiger partial charge in [-0.05, 0) is 36.6 Å². The van der Waals surface area contributed by atoms with Crippen molar-refractivity contribution in [1.82, 2.24) is 15.6 Å². The number of hydrogen-bond donors (Lipinski definition) is 2. The van der Waals surface area contributed by atoms with Gasteiger partial charge in [-0.3, -0.25) is 9.59 Å². The van der Waals surface area contributed by atoms with E-state index >= 15 is 0 Å². The molecule has 2 N–H and O–H groups in total. The number of hydrogen-bond acceptors (Lipinski definition) is 5. The highest BCUT2D eigenvalue weighted by Gasteiger charge is 2.20. The minimum atomic E-state index is -0.603. The molecule has 0 radical (unpaired) electrons. The Kier molecular flexibility index (Phi) is 5.76. The van der Waals surface area contributed by atoms with Crippen LogP contribution in [0.3, 0.4) is 0 Å². The largest absolute Gasteiger partial charge is 0.462 e. The highest BCUT2D eigenvalue weighted by atomic mass is 19.1. The summed E-state index contributed by atoms with van der Waals surface area (Å²) in [6.07, 6.45) is 3.37. The van der Waals surface area contributed by atoms with Crippen LogP contribution in [0.5, 0.6) is 0 Å². The second-order valence-corrected chi connectivity index (χ2v) is 7.23. The summed E-state index contributed by atoms with van der Waals surface area (Å²) in [5, 5.41) is 5.41. The van der Waals surface area contributed by atoms with Crippen LogP contribution in [-0.4, -0.2) is 43.1 Å². The van der Waals surface area contributed by atoms with Crippen LogP contribution in [0.2, 0.25) is 0 Å². The second kappa shape index (κ2) is 8.62. The number of nitrogens with zero attached hydrogens (tertiary/aromatic N) is 1. The van der Waals surface area contributed by atoms with E-state index in [1.165, 1.54) is 25.4 Å². The van der Waals surface area contributed by atoms with Gasteiger partial charge >= 0.3 is 0 Å². The van der Waals surface area contributed by atoms with Crippen LogP contribution in [0.15, 0.2) is 41.0 Å². The van der Waals surface area contributed by atoms with E-state index in [4.69, 9.17) is 9.15 Å². The molecule has 4 rings (SSSR count). The lowest BCUT2D eigenvalue weighted by Crippen LogP contribution is -2.39. The van der Waals surface area contributed by atoms with Gasteiger partial charge in [0.1, 0.15) is 17.0 Å². The van der Waals surface area contributed by atoms with E-state index in [1.54, 1.807) is 18.2 Å². The van der Waals surface area contributed by atoms with Crippen LogP contribution < -0.4 is 10.6 Å². The summed E-state index contributed by atoms with van der Waals surface area (Å²) in [6.45, 7) is 1.25. The molecule has 0 atom stereocenters. The maximum Gasteiger partial charge on any atom is 0.270 e. The number of furan rings is 1. The topological polar surface area (TPSA) is 93.5 Å². The van der Waals surface area contributed by atoms with Crippen LogP contribution in [-0.2, 0) is 11.2 Å². The zero-order chi connectivity index (χ0) is 21.1. The smallest absolute Gasteiger partial charge is 0.270 e. The third-order valence-corrected chi connectivity index (χ3v) is 5.18. The van der Waals surface area contributed by atoms with Crippen molar-refractivity contribution in [3.8, 4) is 0 Å². The molecule has 1 aliphatic rings. The minimum absolute atomic E-state index is 0.0179. The molecule has 0 aliphatic carbocycles. The summed E-state index contributed by atoms with van der Waals surface area (Å²) in [7, 11) is 1.45. The molecule has 0 unspecified atom stereocenters. The SMILES string of the molecule is CNC(=O)c1ccc(Cc2cc(C(=O)NC3CCOCC3)nc3ccoc23)cc1F. The maximum atomic E-state index is 14.3. The highest BCUT2D eigenvalue weighted by Crippen LogP contribution is 2.24. The third kappa shape index (κ3) is 4.18. The number of halogens is 1. The van der Waals surface area contributed by atoms with Crippen molar-refractivity contribution in [3.05, 3.63) is 64.8 Å². The Labute approximate surface area is 172 Å². The molecule has 1 saturated heterocycles. The molecule has 1 fully saturated rings. The Balaban J connectivity index is 1.60. The molecule has 7 nitrogen and oxygen atoms in total. The number of nitrogens with one attached hydrogen (secondary N) is 2. The van der Waals surface area contributed by atoms with E-state index in [0.29, 0.717) is 41.9 Å². The molecule has 30 heavy (non-hydrogen) atoms. The predicted octanol–water partition coefficient (Wildman–Crippen LogP) is 2.83. The predicted molar refractivity (Wildman–Crippen MR) is 108 cm³/mol. The quantitative estimate of drug-likeness (QED) is 0.673. The molecule has 2 amide bonds. The van der Waals surface area contributed by atoms with Crippen molar-refractivity contribution in [2.24, 2.45) is 0 Å². The zero-order valence-electron chi connectivity index (χ0n) is 16.5. The van der Waals surface area contributed by atoms with Gasteiger partial charge in [0.25, 0.3) is 11.8 Å². The van der Waals surface area contributed by atoms with Gasteiger partial charge in [0.05, 0.1) is 11.8 Å². The first kappa shape index (κ1) is 20.0. The first-order chi connectivity index (χ1) is 14.5. The molecule has 2 aromatic heterocycles. The van der Waals surface area contributed by atoms with Crippen molar-refractivity contribution in [2.45, 2.75) is 25.3 Å². The van der Waals surface area contributed by atoms with Gasteiger partial charge in [0.15, 0.2) is 5.58 Å². The minimum Gasteiger partial charge on any atom is -0.462 e. The van der Waals surface area contributed by atoms with Crippen molar-refractivity contribution >= 4 is 22.9 Å². The number of carbonyl (C=O) groups excluding carboxylic acids is 2. The Morgan fingerprint density at radius 1 is 1.17 bits per heavy atom. The average Bonchev–Trinajstić information content (AvgIpc) is 3.23. The van der Waals surface area contributed by atoms with Gasteiger partial charge in [0, 0.05) is 44.4 Å². The van der Waals surface area contributed by atoms with Crippen LogP contribution >= 0.6 is 0 Å². The lowest BCUT2D eigenvalue weighted by Gasteiger charge is -2.23. The lowest BCUT2D eigenvalue weighted by atomic mass is 10.0. The van der Waals surface area contributed by atoms with Gasteiger partial charge in [0.2, 0.25) is 0 Å². The van der Waals surface area contributed by atoms with Gasteiger partial charge < -0.3 is 19.8 Å². The first-order valence-electron chi connectivity index (χ1n) is 9.81. The van der Waals surface area contributed by atoms with E-state index < -0.39 is 11.7 Å². The molecule has 3 aromatic rings. The van der Waals surface area contributed by atoms with Crippen molar-refractivity contribution in [2.75, 3.05) is 20.3 Å². The number of amides is 2. The van der Waals surface area contributed by atoms with Crippen LogP contribution in [0, 0.1) is 5.82 Å². The standard InChI is InChI=1S/C22H22FN3O4/c1-24-21(27)16-3-2-13(11-17(16)23)10-14-12-19(26-18-6-9-30-20(14)18)22(28)25-15-4-7-29-8-5-15/h2-3,6,9,11-12,15H,4-5,7-8,10H2,1H3,(H,24,27)(H,25,28). The fraction of sp³-hybridized carbons (Fsp3) is 0.318. The van der Waals surface area contributed by atoms with Crippen LogP contribution in [0.4, 0.5) is 4.39 Å². The lowest BCUT2D eigenvalue weighted by molar-refractivity contribution is 0.0694. The highest BCUT2D eigenvalue weighted by molar-refractivity contribution is 5.95. The van der Waals surface area contributed by atoms with E-state index in [2.05, 4.69) is 15.6 Å². The number of carbonyl (C=O) groups is 2. The van der Waals surface area contributed by atoms with E-state index in [0.717, 1.165) is 12.8 Å². The Morgan fingerprint density at radius 2 is 1.97 bits per heavy atom. The molecule has 1 aromatic carbocycles. The normalized spacial score (nSPS) is 14.6. The summed E-state index contributed by atoms with van der Waals surface area (Å²) in [4.78, 5) is 28.8. The van der Waals surface area contributed by atoms with E-state index in [9.17, 15) is 14.0 Å². The number of pyridine rings is 1. The molecule has 8 heteroatoms. The second-order valence-electron chi connectivity index (χ2n) is 7.23. The molecule has 1 aliphatic heterocycles. The Hall–Kier alpha value is -3.26. The summed E-state index contributed by atoms with van der Waals surface area (Å²) in [6, 6.07) is 7.88. The summed E-state index contributed by atoms with van der Waals surface area (Å²) >= 11 is 0. The molecular formula is C22H22FN3O4. The zero-order valence-corrected chi connectivity index (χ0v) is 16.5. The van der Waals surface area contributed by atoms with Gasteiger partial charge in [-0.15, -0.1) is 0 Å². The number of ether oxygens (including phenoxy) is 1. The fourth-order valence-electron chi connectivity index (χ4n) is 3.58. The number of aromatic nitrogens is 1. The monoisotopic (exact) mass is 411 g/mol. The molecule has 0 saturated carbocycles. The number of rotatable bonds is 5. The van der Waals surface area contributed by atoms with Crippen molar-refractivity contribution < 1.29 is 23.1 Å². The molecule has 0 bridgehead atoms. The summed E-state index contributed by atoms with van der Waals surface area (Å²) in [5.74, 6) is -1.34. The van der Waals surface area contributed by atoms with Gasteiger partial charge in [-0.1, -0.05) is 6.07 Å². The molecular weight excluding hydrogens is 389 g/mol. The van der Waals surface area contributed by atoms with Crippen molar-refractivity contribution in [3.63, 3.8) is 0 Å². The molecule has 3 heterocycles. The summed E-state index contributed by atoms with van der Waals surface area (Å²) < 4.78 is 25.2. The Morgan fingerprint density at radius 3 is 2.70 bits per heavy atom. The van der Waals surface area contributed by atoms with E-state index in [-0.39, 0.29) is 23.2 Å². The van der Waals surface area contributed by atoms with Crippen LogP contribution in [0.1, 0.15) is 44.8 Å². The molecule has 156 valence electrons. The fourth-order valence-corrected chi connectivity index (χ4v) is 3.58. The number of fused-ring (bicyclic) bond motifs is 1. The first-order valence-corrected chi connectivity index (χ1v) is 9.81. The Bertz CT molecular complexity index is 1090. The van der Waals surface area contributed by atoms with E-state index in [1.807, 2.05) is 0 Å².